The number of hydrogen-bond donors (Lipinski definition) is 0. The molecule has 0 aliphatic rings. The Morgan fingerprint density at radius 1 is 0.974 bits per heavy atom. The van der Waals surface area contributed by atoms with Crippen LogP contribution in [0.5, 0.6) is 5.75 Å². The topological polar surface area (TPSA) is 99.6 Å². The summed E-state index contributed by atoms with van der Waals surface area (Å²) in [7, 11) is 0. The van der Waals surface area contributed by atoms with Crippen LogP contribution in [0.2, 0.25) is 10.0 Å². The predicted octanol–water partition coefficient (Wildman–Crippen LogP) is 6.74. The molecule has 188 valence electrons. The zero-order valence-electron chi connectivity index (χ0n) is 19.6. The third-order valence-corrected chi connectivity index (χ3v) is 6.29. The highest BCUT2D eigenvalue weighted by Gasteiger charge is 2.20. The predicted molar refractivity (Wildman–Crippen MR) is 148 cm³/mol. The minimum atomic E-state index is -0.546. The fourth-order valence-corrected chi connectivity index (χ4v) is 4.32. The molecule has 10 heteroatoms. The molecule has 8 nitrogen and oxygen atoms in total. The fraction of sp³-hybridized carbons (Fsp3) is 0.0357. The van der Waals surface area contributed by atoms with E-state index in [0.29, 0.717) is 43.5 Å². The number of ether oxygens (including phenoxy) is 1. The highest BCUT2D eigenvalue weighted by molar-refractivity contribution is 6.35. The van der Waals surface area contributed by atoms with E-state index in [1.807, 2.05) is 30.3 Å². The average Bonchev–Trinajstić information content (AvgIpc) is 2.92. The van der Waals surface area contributed by atoms with E-state index in [1.54, 1.807) is 48.5 Å². The second kappa shape index (κ2) is 10.8. The highest BCUT2D eigenvalue weighted by Crippen LogP contribution is 2.32. The van der Waals surface area contributed by atoms with Gasteiger partial charge in [-0.3, -0.25) is 14.9 Å². The number of hydrogen-bond acceptors (Lipinski definition) is 6. The molecule has 4 aromatic carbocycles. The molecule has 38 heavy (non-hydrogen) atoms. The van der Waals surface area contributed by atoms with E-state index in [9.17, 15) is 14.9 Å². The van der Waals surface area contributed by atoms with Crippen LogP contribution < -0.4 is 10.3 Å². The molecule has 0 bridgehead atoms. The summed E-state index contributed by atoms with van der Waals surface area (Å²) in [5.41, 5.74) is 1.46. The van der Waals surface area contributed by atoms with Crippen molar-refractivity contribution in [2.75, 3.05) is 0 Å². The van der Waals surface area contributed by atoms with Gasteiger partial charge < -0.3 is 4.74 Å². The molecule has 0 saturated carbocycles. The van der Waals surface area contributed by atoms with Crippen LogP contribution in [0.15, 0.2) is 101 Å². The van der Waals surface area contributed by atoms with E-state index >= 15 is 0 Å². The summed E-state index contributed by atoms with van der Waals surface area (Å²) in [6, 6.07) is 25.5. The number of nitro benzene ring substituents is 1. The van der Waals surface area contributed by atoms with Crippen molar-refractivity contribution < 1.29 is 9.66 Å². The molecule has 0 spiro atoms. The zero-order chi connectivity index (χ0) is 26.6. The molecular weight excluding hydrogens is 527 g/mol. The molecule has 0 radical (unpaired) electrons. The van der Waals surface area contributed by atoms with Crippen LogP contribution in [0, 0.1) is 10.1 Å². The lowest BCUT2D eigenvalue weighted by Gasteiger charge is -2.12. The van der Waals surface area contributed by atoms with Gasteiger partial charge in [0.2, 0.25) is 5.75 Å². The zero-order valence-corrected chi connectivity index (χ0v) is 21.1. The molecule has 0 fully saturated rings. The summed E-state index contributed by atoms with van der Waals surface area (Å²) in [5.74, 6) is 0.307. The summed E-state index contributed by atoms with van der Waals surface area (Å²) >= 11 is 12.2. The lowest BCUT2D eigenvalue weighted by Crippen LogP contribution is -2.20. The molecule has 1 aromatic heterocycles. The number of rotatable bonds is 7. The summed E-state index contributed by atoms with van der Waals surface area (Å²) in [4.78, 5) is 29.3. The Kier molecular flexibility index (Phi) is 7.17. The summed E-state index contributed by atoms with van der Waals surface area (Å²) in [6.07, 6.45) is 1.34. The van der Waals surface area contributed by atoms with Crippen molar-refractivity contribution >= 4 is 46.0 Å². The van der Waals surface area contributed by atoms with Crippen molar-refractivity contribution in [2.24, 2.45) is 5.10 Å². The maximum atomic E-state index is 13.4. The number of nitro groups is 1. The smallest absolute Gasteiger partial charge is 0.311 e. The Hall–Kier alpha value is -4.53. The van der Waals surface area contributed by atoms with Gasteiger partial charge in [-0.15, -0.1) is 0 Å². The van der Waals surface area contributed by atoms with Crippen LogP contribution in [0.3, 0.4) is 0 Å². The molecule has 0 saturated heterocycles. The monoisotopic (exact) mass is 544 g/mol. The second-order valence-corrected chi connectivity index (χ2v) is 9.00. The van der Waals surface area contributed by atoms with Crippen LogP contribution in [0.4, 0.5) is 5.69 Å². The Balaban J connectivity index is 1.60. The first-order valence-corrected chi connectivity index (χ1v) is 12.1. The van der Waals surface area contributed by atoms with Crippen molar-refractivity contribution in [2.45, 2.75) is 6.61 Å². The Morgan fingerprint density at radius 2 is 1.74 bits per heavy atom. The Morgan fingerprint density at radius 3 is 2.50 bits per heavy atom. The first-order valence-electron chi connectivity index (χ1n) is 11.4. The maximum absolute atomic E-state index is 13.4. The van der Waals surface area contributed by atoms with E-state index in [-0.39, 0.29) is 23.6 Å². The molecule has 0 atom stereocenters. The first kappa shape index (κ1) is 25.1. The van der Waals surface area contributed by atoms with E-state index in [1.165, 1.54) is 23.0 Å². The van der Waals surface area contributed by atoms with Crippen LogP contribution in [0.25, 0.3) is 22.3 Å². The molecule has 0 N–H and O–H groups in total. The molecule has 1 heterocycles. The van der Waals surface area contributed by atoms with Gasteiger partial charge in [-0.1, -0.05) is 77.8 Å². The van der Waals surface area contributed by atoms with E-state index in [0.717, 1.165) is 0 Å². The van der Waals surface area contributed by atoms with Crippen molar-refractivity contribution in [3.8, 4) is 17.1 Å². The van der Waals surface area contributed by atoms with Crippen molar-refractivity contribution in [3.05, 3.63) is 133 Å². The van der Waals surface area contributed by atoms with Crippen molar-refractivity contribution in [3.63, 3.8) is 0 Å². The number of halogens is 2. The number of fused-ring (bicyclic) bond motifs is 1. The SMILES string of the molecule is O=c1c2ccccc2nc(-c2ccccc2)n1N=Cc1cccc([N+](=O)[O-])c1OCc1ccc(Cl)cc1Cl. The quantitative estimate of drug-likeness (QED) is 0.128. The second-order valence-electron chi connectivity index (χ2n) is 8.16. The van der Waals surface area contributed by atoms with Gasteiger partial charge in [0.05, 0.1) is 22.0 Å². The summed E-state index contributed by atoms with van der Waals surface area (Å²) in [6.45, 7) is -0.0472. The minimum absolute atomic E-state index is 0.0182. The molecule has 0 amide bonds. The van der Waals surface area contributed by atoms with Gasteiger partial charge in [0.25, 0.3) is 5.56 Å². The lowest BCUT2D eigenvalue weighted by atomic mass is 10.1. The molecule has 5 rings (SSSR count). The molecule has 0 aliphatic carbocycles. The van der Waals surface area contributed by atoms with Gasteiger partial charge in [0.15, 0.2) is 5.82 Å². The average molecular weight is 545 g/mol. The number of benzene rings is 4. The van der Waals surface area contributed by atoms with Gasteiger partial charge in [-0.2, -0.15) is 9.78 Å². The van der Waals surface area contributed by atoms with Crippen LogP contribution >= 0.6 is 23.2 Å². The number of para-hydroxylation sites is 2. The fourth-order valence-electron chi connectivity index (χ4n) is 3.86. The highest BCUT2D eigenvalue weighted by atomic mass is 35.5. The van der Waals surface area contributed by atoms with Crippen molar-refractivity contribution in [1.82, 2.24) is 9.66 Å². The first-order chi connectivity index (χ1) is 18.4. The van der Waals surface area contributed by atoms with Gasteiger partial charge in [0, 0.05) is 32.8 Å². The largest absolute Gasteiger partial charge is 0.481 e. The Bertz CT molecular complexity index is 1750. The van der Waals surface area contributed by atoms with Gasteiger partial charge >= 0.3 is 5.69 Å². The molecule has 5 aromatic rings. The molecule has 0 unspecified atom stereocenters. The van der Waals surface area contributed by atoms with Crippen LogP contribution in [0.1, 0.15) is 11.1 Å². The molecule has 0 aliphatic heterocycles. The number of nitrogens with zero attached hydrogens (tertiary/aromatic N) is 4. The minimum Gasteiger partial charge on any atom is -0.481 e. The number of aromatic nitrogens is 2. The standard InChI is InChI=1S/C28H18Cl2N4O4/c29-21-14-13-20(23(30)15-21)17-38-26-19(9-6-12-25(26)34(36)37)16-31-33-27(18-7-2-1-3-8-18)32-24-11-5-4-10-22(24)28(33)35/h1-16H,17H2. The summed E-state index contributed by atoms with van der Waals surface area (Å²) < 4.78 is 7.05. The van der Waals surface area contributed by atoms with E-state index in [2.05, 4.69) is 10.1 Å². The van der Waals surface area contributed by atoms with E-state index < -0.39 is 4.92 Å². The lowest BCUT2D eigenvalue weighted by molar-refractivity contribution is -0.385. The Labute approximate surface area is 226 Å². The summed E-state index contributed by atoms with van der Waals surface area (Å²) in [5, 5.41) is 17.4. The van der Waals surface area contributed by atoms with Gasteiger partial charge in [0.1, 0.15) is 6.61 Å². The molecular formula is C28H18Cl2N4O4. The maximum Gasteiger partial charge on any atom is 0.311 e. The van der Waals surface area contributed by atoms with Crippen LogP contribution in [-0.2, 0) is 6.61 Å². The third-order valence-electron chi connectivity index (χ3n) is 5.71. The van der Waals surface area contributed by atoms with Gasteiger partial charge in [-0.25, -0.2) is 4.98 Å². The normalized spacial score (nSPS) is 11.2. The van der Waals surface area contributed by atoms with Crippen molar-refractivity contribution in [1.29, 1.82) is 0 Å². The van der Waals surface area contributed by atoms with Gasteiger partial charge in [-0.05, 0) is 30.3 Å². The van der Waals surface area contributed by atoms with Crippen LogP contribution in [-0.4, -0.2) is 20.8 Å². The van der Waals surface area contributed by atoms with E-state index in [4.69, 9.17) is 27.9 Å². The third kappa shape index (κ3) is 5.13.